The summed E-state index contributed by atoms with van der Waals surface area (Å²) in [6.45, 7) is 10.4. The van der Waals surface area contributed by atoms with Gasteiger partial charge in [-0.25, -0.2) is 13.1 Å². The van der Waals surface area contributed by atoms with Crippen molar-refractivity contribution >= 4 is 15.9 Å². The number of hydrogen-bond donors (Lipinski definition) is 1. The van der Waals surface area contributed by atoms with Crippen molar-refractivity contribution in [2.45, 2.75) is 64.2 Å². The van der Waals surface area contributed by atoms with Gasteiger partial charge in [0.2, 0.25) is 10.0 Å². The molecule has 0 spiro atoms. The summed E-state index contributed by atoms with van der Waals surface area (Å²) in [4.78, 5) is 17.2. The molecule has 7 heteroatoms. The minimum absolute atomic E-state index is 0.102. The summed E-state index contributed by atoms with van der Waals surface area (Å²) in [5, 5.41) is 0. The maximum absolute atomic E-state index is 12.9. The second-order valence-electron chi connectivity index (χ2n) is 7.93. The van der Waals surface area contributed by atoms with Crippen molar-refractivity contribution < 1.29 is 13.2 Å². The van der Waals surface area contributed by atoms with Gasteiger partial charge >= 0.3 is 0 Å². The molecule has 0 saturated carbocycles. The van der Waals surface area contributed by atoms with Gasteiger partial charge in [0, 0.05) is 31.7 Å². The molecule has 1 N–H and O–H groups in total. The molecule has 0 atom stereocenters. The monoisotopic (exact) mass is 423 g/mol. The van der Waals surface area contributed by atoms with Crippen LogP contribution in [0.2, 0.25) is 0 Å². The zero-order valence-electron chi connectivity index (χ0n) is 18.2. The minimum Gasteiger partial charge on any atom is -0.339 e. The second kappa shape index (κ2) is 11.7. The molecular formula is C22H37N3O3S. The molecule has 1 saturated heterocycles. The third-order valence-electron chi connectivity index (χ3n) is 5.42. The smallest absolute Gasteiger partial charge is 0.253 e. The van der Waals surface area contributed by atoms with Crippen LogP contribution in [0.25, 0.3) is 0 Å². The standard InChI is InChI=1S/C22H37N3O3S/c1-4-13-25(14-5-2)22(26)20-11-10-19(3)21(18-20)29(27,28)23-12-17-24-15-8-6-7-9-16-24/h10-11,18,23H,4-9,12-17H2,1-3H3. The van der Waals surface area contributed by atoms with Crippen LogP contribution in [0.3, 0.4) is 0 Å². The van der Waals surface area contributed by atoms with E-state index in [0.29, 0.717) is 30.8 Å². The molecule has 1 aliphatic heterocycles. The second-order valence-corrected chi connectivity index (χ2v) is 9.66. The lowest BCUT2D eigenvalue weighted by Crippen LogP contribution is -2.36. The number of sulfonamides is 1. The predicted octanol–water partition coefficient (Wildman–Crippen LogP) is 3.41. The van der Waals surface area contributed by atoms with Gasteiger partial charge in [0.15, 0.2) is 0 Å². The summed E-state index contributed by atoms with van der Waals surface area (Å²) in [7, 11) is -3.65. The molecule has 29 heavy (non-hydrogen) atoms. The van der Waals surface area contributed by atoms with Crippen LogP contribution in [-0.2, 0) is 10.0 Å². The van der Waals surface area contributed by atoms with Crippen molar-refractivity contribution in [1.82, 2.24) is 14.5 Å². The molecule has 0 aromatic heterocycles. The number of likely N-dealkylation sites (tertiary alicyclic amines) is 1. The van der Waals surface area contributed by atoms with Gasteiger partial charge in [-0.1, -0.05) is 32.8 Å². The molecule has 1 fully saturated rings. The molecule has 6 nitrogen and oxygen atoms in total. The lowest BCUT2D eigenvalue weighted by molar-refractivity contribution is 0.0755. The number of aryl methyl sites for hydroxylation is 1. The maximum atomic E-state index is 12.9. The number of carbonyl (C=O) groups excluding carboxylic acids is 1. The van der Waals surface area contributed by atoms with Crippen LogP contribution in [0.1, 0.15) is 68.3 Å². The van der Waals surface area contributed by atoms with Gasteiger partial charge in [-0.2, -0.15) is 0 Å². The molecule has 164 valence electrons. The van der Waals surface area contributed by atoms with Gasteiger partial charge in [0.05, 0.1) is 4.90 Å². The first kappa shape index (κ1) is 23.8. The number of nitrogens with one attached hydrogen (secondary N) is 1. The van der Waals surface area contributed by atoms with E-state index in [1.807, 2.05) is 13.8 Å². The summed E-state index contributed by atoms with van der Waals surface area (Å²) < 4.78 is 28.5. The van der Waals surface area contributed by atoms with Gasteiger partial charge in [-0.15, -0.1) is 0 Å². The SMILES string of the molecule is CCCN(CCC)C(=O)c1ccc(C)c(S(=O)(=O)NCCN2CCCCCC2)c1. The van der Waals surface area contributed by atoms with E-state index >= 15 is 0 Å². The quantitative estimate of drug-likeness (QED) is 0.626. The Morgan fingerprint density at radius 2 is 1.69 bits per heavy atom. The predicted molar refractivity (Wildman–Crippen MR) is 118 cm³/mol. The van der Waals surface area contributed by atoms with E-state index in [1.165, 1.54) is 31.7 Å². The highest BCUT2D eigenvalue weighted by Crippen LogP contribution is 2.19. The van der Waals surface area contributed by atoms with Crippen LogP contribution in [-0.4, -0.2) is 63.4 Å². The summed E-state index contributed by atoms with van der Waals surface area (Å²) in [6, 6.07) is 4.99. The highest BCUT2D eigenvalue weighted by molar-refractivity contribution is 7.89. The molecule has 0 radical (unpaired) electrons. The Morgan fingerprint density at radius 3 is 2.28 bits per heavy atom. The van der Waals surface area contributed by atoms with Crippen molar-refractivity contribution in [1.29, 1.82) is 0 Å². The fourth-order valence-electron chi connectivity index (χ4n) is 3.84. The fraction of sp³-hybridized carbons (Fsp3) is 0.682. The molecule has 2 rings (SSSR count). The molecule has 0 unspecified atom stereocenters. The van der Waals surface area contributed by atoms with E-state index in [4.69, 9.17) is 0 Å². The average molecular weight is 424 g/mol. The number of hydrogen-bond acceptors (Lipinski definition) is 4. The van der Waals surface area contributed by atoms with Gasteiger partial charge < -0.3 is 9.80 Å². The van der Waals surface area contributed by atoms with Crippen LogP contribution in [0.5, 0.6) is 0 Å². The fourth-order valence-corrected chi connectivity index (χ4v) is 5.13. The molecule has 1 amide bonds. The Morgan fingerprint density at radius 1 is 1.07 bits per heavy atom. The molecule has 0 aliphatic carbocycles. The number of carbonyl (C=O) groups is 1. The van der Waals surface area contributed by atoms with E-state index in [1.54, 1.807) is 24.0 Å². The Labute approximate surface area is 176 Å². The Hall–Kier alpha value is -1.44. The Balaban J connectivity index is 2.09. The normalized spacial score (nSPS) is 15.8. The molecule has 1 aromatic rings. The summed E-state index contributed by atoms with van der Waals surface area (Å²) in [5.41, 5.74) is 1.09. The topological polar surface area (TPSA) is 69.7 Å². The highest BCUT2D eigenvalue weighted by Gasteiger charge is 2.21. The van der Waals surface area contributed by atoms with Crippen molar-refractivity contribution in [2.75, 3.05) is 39.3 Å². The van der Waals surface area contributed by atoms with Crippen molar-refractivity contribution in [3.05, 3.63) is 29.3 Å². The Kier molecular flexibility index (Phi) is 9.59. The van der Waals surface area contributed by atoms with Gasteiger partial charge in [0.1, 0.15) is 0 Å². The van der Waals surface area contributed by atoms with E-state index in [2.05, 4.69) is 9.62 Å². The summed E-state index contributed by atoms with van der Waals surface area (Å²) in [5.74, 6) is -0.102. The first-order valence-corrected chi connectivity index (χ1v) is 12.5. The molecule has 0 bridgehead atoms. The van der Waals surface area contributed by atoms with Crippen LogP contribution in [0.15, 0.2) is 23.1 Å². The molecule has 1 aromatic carbocycles. The average Bonchev–Trinajstić information content (AvgIpc) is 2.96. The van der Waals surface area contributed by atoms with Gasteiger partial charge in [0.25, 0.3) is 5.91 Å². The van der Waals surface area contributed by atoms with E-state index < -0.39 is 10.0 Å². The molecular weight excluding hydrogens is 386 g/mol. The Bertz CT molecular complexity index is 751. The molecule has 1 aliphatic rings. The molecule has 1 heterocycles. The zero-order valence-corrected chi connectivity index (χ0v) is 19.1. The number of rotatable bonds is 10. The van der Waals surface area contributed by atoms with Gasteiger partial charge in [-0.3, -0.25) is 4.79 Å². The van der Waals surface area contributed by atoms with Crippen LogP contribution < -0.4 is 4.72 Å². The number of amides is 1. The lowest BCUT2D eigenvalue weighted by Gasteiger charge is -2.22. The van der Waals surface area contributed by atoms with Crippen LogP contribution in [0, 0.1) is 6.92 Å². The minimum atomic E-state index is -3.65. The third kappa shape index (κ3) is 7.08. The van der Waals surface area contributed by atoms with Crippen molar-refractivity contribution in [3.8, 4) is 0 Å². The lowest BCUT2D eigenvalue weighted by atomic mass is 10.1. The van der Waals surface area contributed by atoms with Crippen LogP contribution >= 0.6 is 0 Å². The first-order chi connectivity index (χ1) is 13.9. The summed E-state index contributed by atoms with van der Waals surface area (Å²) >= 11 is 0. The van der Waals surface area contributed by atoms with Crippen molar-refractivity contribution in [2.24, 2.45) is 0 Å². The maximum Gasteiger partial charge on any atom is 0.253 e. The van der Waals surface area contributed by atoms with Gasteiger partial charge in [-0.05, 0) is 63.4 Å². The van der Waals surface area contributed by atoms with Crippen molar-refractivity contribution in [3.63, 3.8) is 0 Å². The van der Waals surface area contributed by atoms with E-state index in [9.17, 15) is 13.2 Å². The zero-order chi connectivity index (χ0) is 21.3. The van der Waals surface area contributed by atoms with E-state index in [0.717, 1.165) is 32.5 Å². The number of benzene rings is 1. The summed E-state index contributed by atoms with van der Waals surface area (Å²) in [6.07, 6.45) is 6.64. The van der Waals surface area contributed by atoms with Crippen LogP contribution in [0.4, 0.5) is 0 Å². The first-order valence-electron chi connectivity index (χ1n) is 11.0. The number of nitrogens with zero attached hydrogens (tertiary/aromatic N) is 2. The van der Waals surface area contributed by atoms with E-state index in [-0.39, 0.29) is 10.8 Å². The largest absolute Gasteiger partial charge is 0.339 e. The highest BCUT2D eigenvalue weighted by atomic mass is 32.2. The third-order valence-corrected chi connectivity index (χ3v) is 7.02.